The van der Waals surface area contributed by atoms with Crippen LogP contribution in [0.15, 0.2) is 24.3 Å². The van der Waals surface area contributed by atoms with Gasteiger partial charge in [-0.3, -0.25) is 9.48 Å². The molecule has 1 heterocycles. The van der Waals surface area contributed by atoms with Gasteiger partial charge in [-0.1, -0.05) is 12.1 Å². The van der Waals surface area contributed by atoms with E-state index >= 15 is 0 Å². The highest BCUT2D eigenvalue weighted by atomic mass is 16.3. The van der Waals surface area contributed by atoms with E-state index in [0.717, 1.165) is 29.7 Å². The van der Waals surface area contributed by atoms with Crippen molar-refractivity contribution in [2.24, 2.45) is 0 Å². The number of aromatic nitrogens is 2. The second-order valence-electron chi connectivity index (χ2n) is 6.50. The van der Waals surface area contributed by atoms with Crippen LogP contribution in [0.1, 0.15) is 60.3 Å². The van der Waals surface area contributed by atoms with E-state index in [1.807, 2.05) is 23.7 Å². The molecule has 0 radical (unpaired) electrons. The fourth-order valence-electron chi connectivity index (χ4n) is 2.87. The Bertz CT molecular complexity index is 793. The first-order valence-electron chi connectivity index (χ1n) is 8.32. The zero-order valence-electron chi connectivity index (χ0n) is 14.0. The third kappa shape index (κ3) is 3.24. The van der Waals surface area contributed by atoms with Gasteiger partial charge in [0, 0.05) is 17.5 Å². The van der Waals surface area contributed by atoms with E-state index < -0.39 is 6.10 Å². The molecule has 0 amide bonds. The second kappa shape index (κ2) is 6.58. The number of carbonyl (C=O) groups is 1. The van der Waals surface area contributed by atoms with Gasteiger partial charge in [0.1, 0.15) is 5.69 Å². The molecule has 0 bridgehead atoms. The van der Waals surface area contributed by atoms with Gasteiger partial charge in [-0.15, -0.1) is 0 Å². The molecular weight excluding hydrogens is 302 g/mol. The minimum Gasteiger partial charge on any atom is -0.393 e. The number of nitrogens with zero attached hydrogens (tertiary/aromatic N) is 3. The monoisotopic (exact) mass is 323 g/mol. The molecule has 1 aliphatic carbocycles. The molecule has 0 unspecified atom stereocenters. The lowest BCUT2D eigenvalue weighted by atomic mass is 10.0. The number of carbonyl (C=O) groups excluding carboxylic acids is 1. The Morgan fingerprint density at radius 1 is 1.42 bits per heavy atom. The second-order valence-corrected chi connectivity index (χ2v) is 6.50. The maximum absolute atomic E-state index is 12.7. The number of benzene rings is 1. The van der Waals surface area contributed by atoms with E-state index in [1.54, 1.807) is 19.1 Å². The molecule has 124 valence electrons. The number of aliphatic hydroxyl groups is 1. The van der Waals surface area contributed by atoms with Crippen molar-refractivity contribution in [1.82, 2.24) is 9.78 Å². The minimum absolute atomic E-state index is 0.0349. The molecule has 1 aliphatic rings. The van der Waals surface area contributed by atoms with Crippen LogP contribution in [0.4, 0.5) is 0 Å². The Morgan fingerprint density at radius 3 is 2.62 bits per heavy atom. The number of hydrogen-bond donors (Lipinski definition) is 1. The Balaban J connectivity index is 1.98. The van der Waals surface area contributed by atoms with Crippen LogP contribution in [0, 0.1) is 18.3 Å². The van der Waals surface area contributed by atoms with Crippen molar-refractivity contribution in [3.8, 4) is 17.3 Å². The van der Waals surface area contributed by atoms with Gasteiger partial charge in [0.05, 0.1) is 29.5 Å². The molecule has 0 aliphatic heterocycles. The van der Waals surface area contributed by atoms with Crippen molar-refractivity contribution in [2.75, 3.05) is 0 Å². The van der Waals surface area contributed by atoms with Gasteiger partial charge in [-0.25, -0.2) is 0 Å². The average Bonchev–Trinajstić information content (AvgIpc) is 3.36. The van der Waals surface area contributed by atoms with Crippen molar-refractivity contribution in [3.05, 3.63) is 41.1 Å². The lowest BCUT2D eigenvalue weighted by Gasteiger charge is -2.07. The standard InChI is InChI=1S/C19H21N3O2/c1-12(23)3-10-17(24)19-13(2)18(21-22(19)16-8-9-16)15-6-4-14(11-20)5-7-15/h4-7,12,16,23H,3,8-10H2,1-2H3/t12-/m0/s1. The lowest BCUT2D eigenvalue weighted by molar-refractivity contribution is 0.0938. The quantitative estimate of drug-likeness (QED) is 0.826. The highest BCUT2D eigenvalue weighted by Crippen LogP contribution is 2.38. The van der Waals surface area contributed by atoms with Gasteiger partial charge in [-0.2, -0.15) is 10.4 Å². The van der Waals surface area contributed by atoms with E-state index in [9.17, 15) is 9.90 Å². The molecule has 1 aromatic heterocycles. The number of aliphatic hydroxyl groups excluding tert-OH is 1. The molecule has 1 aromatic carbocycles. The van der Waals surface area contributed by atoms with Crippen LogP contribution >= 0.6 is 0 Å². The summed E-state index contributed by atoms with van der Waals surface area (Å²) in [6.45, 7) is 3.62. The third-order valence-electron chi connectivity index (χ3n) is 4.38. The summed E-state index contributed by atoms with van der Waals surface area (Å²) in [6, 6.07) is 9.68. The topological polar surface area (TPSA) is 78.9 Å². The van der Waals surface area contributed by atoms with E-state index in [2.05, 4.69) is 6.07 Å². The first-order valence-corrected chi connectivity index (χ1v) is 8.32. The van der Waals surface area contributed by atoms with Crippen molar-refractivity contribution >= 4 is 5.78 Å². The number of nitriles is 1. The molecule has 2 aromatic rings. The van der Waals surface area contributed by atoms with Gasteiger partial charge in [0.15, 0.2) is 5.78 Å². The summed E-state index contributed by atoms with van der Waals surface area (Å²) in [5.41, 5.74) is 3.85. The molecule has 0 saturated heterocycles. The van der Waals surface area contributed by atoms with Gasteiger partial charge >= 0.3 is 0 Å². The zero-order valence-corrected chi connectivity index (χ0v) is 14.0. The summed E-state index contributed by atoms with van der Waals surface area (Å²) in [7, 11) is 0. The SMILES string of the molecule is Cc1c(-c2ccc(C#N)cc2)nn(C2CC2)c1C(=O)CC[C@H](C)O. The van der Waals surface area contributed by atoms with Crippen LogP contribution in [0.5, 0.6) is 0 Å². The van der Waals surface area contributed by atoms with Gasteiger partial charge in [0.2, 0.25) is 0 Å². The summed E-state index contributed by atoms with van der Waals surface area (Å²) in [4.78, 5) is 12.7. The third-order valence-corrected chi connectivity index (χ3v) is 4.38. The predicted octanol–water partition coefficient (Wildman–Crippen LogP) is 3.41. The van der Waals surface area contributed by atoms with Crippen LogP contribution in [0.3, 0.4) is 0 Å². The molecular formula is C19H21N3O2. The molecule has 0 spiro atoms. The molecule has 24 heavy (non-hydrogen) atoms. The Hall–Kier alpha value is -2.45. The highest BCUT2D eigenvalue weighted by molar-refractivity contribution is 5.97. The average molecular weight is 323 g/mol. The Labute approximate surface area is 141 Å². The van der Waals surface area contributed by atoms with E-state index in [0.29, 0.717) is 30.1 Å². The maximum atomic E-state index is 12.7. The van der Waals surface area contributed by atoms with Crippen LogP contribution in [0.25, 0.3) is 11.3 Å². The number of Topliss-reactive ketones (excluding diaryl/α,β-unsaturated/α-hetero) is 1. The molecule has 1 atom stereocenters. The fourth-order valence-corrected chi connectivity index (χ4v) is 2.87. The Morgan fingerprint density at radius 2 is 2.08 bits per heavy atom. The summed E-state index contributed by atoms with van der Waals surface area (Å²) in [5, 5.41) is 23.1. The summed E-state index contributed by atoms with van der Waals surface area (Å²) >= 11 is 0. The van der Waals surface area contributed by atoms with Crippen molar-refractivity contribution < 1.29 is 9.90 Å². The molecule has 5 nitrogen and oxygen atoms in total. The van der Waals surface area contributed by atoms with Gasteiger partial charge in [-0.05, 0) is 45.2 Å². The van der Waals surface area contributed by atoms with E-state index in [4.69, 9.17) is 10.4 Å². The van der Waals surface area contributed by atoms with Crippen LogP contribution < -0.4 is 0 Å². The first-order chi connectivity index (χ1) is 11.5. The summed E-state index contributed by atoms with van der Waals surface area (Å²) in [6.07, 6.45) is 2.39. The first kappa shape index (κ1) is 16.4. The van der Waals surface area contributed by atoms with Crippen molar-refractivity contribution in [1.29, 1.82) is 5.26 Å². The normalized spacial score (nSPS) is 15.1. The van der Waals surface area contributed by atoms with Gasteiger partial charge in [0.25, 0.3) is 0 Å². The Kier molecular flexibility index (Phi) is 4.50. The van der Waals surface area contributed by atoms with Gasteiger partial charge < -0.3 is 5.11 Å². The molecule has 1 fully saturated rings. The number of ketones is 1. The highest BCUT2D eigenvalue weighted by Gasteiger charge is 2.31. The molecule has 5 heteroatoms. The zero-order chi connectivity index (χ0) is 17.3. The van der Waals surface area contributed by atoms with Crippen LogP contribution in [-0.4, -0.2) is 26.8 Å². The smallest absolute Gasteiger partial charge is 0.181 e. The fraction of sp³-hybridized carbons (Fsp3) is 0.421. The van der Waals surface area contributed by atoms with E-state index in [1.165, 1.54) is 0 Å². The predicted molar refractivity (Wildman–Crippen MR) is 90.6 cm³/mol. The van der Waals surface area contributed by atoms with Crippen molar-refractivity contribution in [2.45, 2.75) is 51.7 Å². The lowest BCUT2D eigenvalue weighted by Crippen LogP contribution is -2.12. The summed E-state index contributed by atoms with van der Waals surface area (Å²) < 4.78 is 1.87. The molecule has 1 saturated carbocycles. The number of rotatable bonds is 6. The van der Waals surface area contributed by atoms with E-state index in [-0.39, 0.29) is 5.78 Å². The molecule has 3 rings (SSSR count). The molecule has 1 N–H and O–H groups in total. The largest absolute Gasteiger partial charge is 0.393 e. The van der Waals surface area contributed by atoms with Crippen molar-refractivity contribution in [3.63, 3.8) is 0 Å². The summed E-state index contributed by atoms with van der Waals surface area (Å²) in [5.74, 6) is 0.0349. The number of hydrogen-bond acceptors (Lipinski definition) is 4. The van der Waals surface area contributed by atoms with Crippen LogP contribution in [0.2, 0.25) is 0 Å². The maximum Gasteiger partial charge on any atom is 0.181 e. The minimum atomic E-state index is -0.482. The van der Waals surface area contributed by atoms with Crippen LogP contribution in [-0.2, 0) is 0 Å².